The van der Waals surface area contributed by atoms with E-state index >= 15 is 0 Å². The first-order valence-electron chi connectivity index (χ1n) is 5.49. The van der Waals surface area contributed by atoms with Gasteiger partial charge in [0.2, 0.25) is 0 Å². The maximum absolute atomic E-state index is 13.4. The zero-order chi connectivity index (χ0) is 12.4. The Hall–Kier alpha value is -1.10. The smallest absolute Gasteiger partial charge is 0.258 e. The number of phenols is 1. The molecule has 0 radical (unpaired) electrons. The summed E-state index contributed by atoms with van der Waals surface area (Å²) in [7, 11) is 0. The average molecular weight is 302 g/mol. The predicted molar refractivity (Wildman–Crippen MR) is 65.8 cm³/mol. The third-order valence-corrected chi connectivity index (χ3v) is 3.88. The van der Waals surface area contributed by atoms with Gasteiger partial charge in [0.25, 0.3) is 5.91 Å². The fraction of sp³-hybridized carbons (Fsp3) is 0.417. The number of alkyl halides is 1. The molecule has 0 heterocycles. The quantitative estimate of drug-likeness (QED) is 0.839. The fourth-order valence-electron chi connectivity index (χ4n) is 1.64. The minimum Gasteiger partial charge on any atom is -0.507 e. The summed E-state index contributed by atoms with van der Waals surface area (Å²) in [6.45, 7) is 0.442. The molecule has 2 rings (SSSR count). The zero-order valence-electron chi connectivity index (χ0n) is 9.12. The molecule has 1 atom stereocenters. The summed E-state index contributed by atoms with van der Waals surface area (Å²) in [6, 6.07) is 3.81. The van der Waals surface area contributed by atoms with Gasteiger partial charge in [-0.05, 0) is 30.9 Å². The van der Waals surface area contributed by atoms with Gasteiger partial charge in [-0.1, -0.05) is 22.0 Å². The Balaban J connectivity index is 1.99. The van der Waals surface area contributed by atoms with Gasteiger partial charge in [-0.3, -0.25) is 4.79 Å². The summed E-state index contributed by atoms with van der Waals surface area (Å²) >= 11 is 3.47. The second-order valence-electron chi connectivity index (χ2n) is 4.20. The lowest BCUT2D eigenvalue weighted by Crippen LogP contribution is -2.31. The van der Waals surface area contributed by atoms with E-state index in [1.165, 1.54) is 12.1 Å². The molecular formula is C12H13BrFNO2. The number of aromatic hydroxyl groups is 1. The van der Waals surface area contributed by atoms with Crippen molar-refractivity contribution in [3.05, 3.63) is 29.6 Å². The standard InChI is InChI=1S/C12H13BrFNO2/c13-8(7-4-5-7)6-15-12(17)11-9(14)2-1-3-10(11)16/h1-3,7-8,16H,4-6H2,(H,15,17). The van der Waals surface area contributed by atoms with Crippen LogP contribution in [0.2, 0.25) is 0 Å². The van der Waals surface area contributed by atoms with Crippen molar-refractivity contribution in [2.24, 2.45) is 5.92 Å². The number of nitrogens with one attached hydrogen (secondary N) is 1. The number of rotatable bonds is 4. The largest absolute Gasteiger partial charge is 0.507 e. The van der Waals surface area contributed by atoms with E-state index in [1.54, 1.807) is 0 Å². The molecule has 1 aliphatic rings. The van der Waals surface area contributed by atoms with Crippen LogP contribution >= 0.6 is 15.9 Å². The molecule has 0 saturated heterocycles. The molecule has 5 heteroatoms. The van der Waals surface area contributed by atoms with Crippen LogP contribution in [0.4, 0.5) is 4.39 Å². The summed E-state index contributed by atoms with van der Waals surface area (Å²) in [5.74, 6) is -1.02. The van der Waals surface area contributed by atoms with Crippen LogP contribution in [0.3, 0.4) is 0 Å². The summed E-state index contributed by atoms with van der Waals surface area (Å²) < 4.78 is 13.4. The van der Waals surface area contributed by atoms with Crippen molar-refractivity contribution >= 4 is 21.8 Å². The number of amides is 1. The highest BCUT2D eigenvalue weighted by atomic mass is 79.9. The summed E-state index contributed by atoms with van der Waals surface area (Å²) in [4.78, 5) is 11.9. The highest BCUT2D eigenvalue weighted by molar-refractivity contribution is 9.09. The number of benzene rings is 1. The number of phenolic OH excluding ortho intramolecular Hbond substituents is 1. The molecule has 0 spiro atoms. The van der Waals surface area contributed by atoms with E-state index in [9.17, 15) is 14.3 Å². The number of hydrogen-bond donors (Lipinski definition) is 2. The molecule has 1 aliphatic carbocycles. The topological polar surface area (TPSA) is 49.3 Å². The molecule has 1 fully saturated rings. The Morgan fingerprint density at radius 1 is 1.59 bits per heavy atom. The molecule has 1 amide bonds. The second kappa shape index (κ2) is 5.04. The van der Waals surface area contributed by atoms with Crippen molar-refractivity contribution in [1.82, 2.24) is 5.32 Å². The van der Waals surface area contributed by atoms with Gasteiger partial charge in [0, 0.05) is 11.4 Å². The van der Waals surface area contributed by atoms with Gasteiger partial charge in [0.15, 0.2) is 0 Å². The molecule has 3 nitrogen and oxygen atoms in total. The molecule has 1 saturated carbocycles. The van der Waals surface area contributed by atoms with Crippen molar-refractivity contribution in [3.63, 3.8) is 0 Å². The normalized spacial score (nSPS) is 16.6. The second-order valence-corrected chi connectivity index (χ2v) is 5.37. The molecule has 1 unspecified atom stereocenters. The molecule has 1 aromatic rings. The maximum atomic E-state index is 13.4. The number of carbonyl (C=O) groups excluding carboxylic acids is 1. The lowest BCUT2D eigenvalue weighted by molar-refractivity contribution is 0.0946. The van der Waals surface area contributed by atoms with Crippen LogP contribution in [-0.4, -0.2) is 22.4 Å². The van der Waals surface area contributed by atoms with Crippen LogP contribution in [0.5, 0.6) is 5.75 Å². The number of halogens is 2. The fourth-order valence-corrected chi connectivity index (χ4v) is 2.33. The number of hydrogen-bond acceptors (Lipinski definition) is 2. The molecule has 0 aliphatic heterocycles. The number of carbonyl (C=O) groups is 1. The zero-order valence-corrected chi connectivity index (χ0v) is 10.7. The molecule has 1 aromatic carbocycles. The van der Waals surface area contributed by atoms with E-state index in [4.69, 9.17) is 0 Å². The van der Waals surface area contributed by atoms with Gasteiger partial charge in [-0.15, -0.1) is 0 Å². The summed E-state index contributed by atoms with van der Waals surface area (Å²) in [6.07, 6.45) is 2.33. The lowest BCUT2D eigenvalue weighted by Gasteiger charge is -2.11. The third kappa shape index (κ3) is 2.97. The lowest BCUT2D eigenvalue weighted by atomic mass is 10.1. The Labute approximate surface area is 107 Å². The van der Waals surface area contributed by atoms with Crippen molar-refractivity contribution in [1.29, 1.82) is 0 Å². The monoisotopic (exact) mass is 301 g/mol. The van der Waals surface area contributed by atoms with Crippen molar-refractivity contribution in [2.45, 2.75) is 17.7 Å². The Morgan fingerprint density at radius 2 is 2.29 bits per heavy atom. The van der Waals surface area contributed by atoms with Crippen LogP contribution in [0, 0.1) is 11.7 Å². The van der Waals surface area contributed by atoms with Gasteiger partial charge >= 0.3 is 0 Å². The minimum atomic E-state index is -0.708. The molecule has 92 valence electrons. The van der Waals surface area contributed by atoms with Crippen molar-refractivity contribution in [2.75, 3.05) is 6.54 Å². The average Bonchev–Trinajstić information content (AvgIpc) is 3.09. The Kier molecular flexibility index (Phi) is 3.66. The van der Waals surface area contributed by atoms with Gasteiger partial charge in [-0.2, -0.15) is 0 Å². The van der Waals surface area contributed by atoms with E-state index in [0.717, 1.165) is 18.9 Å². The van der Waals surface area contributed by atoms with Gasteiger partial charge < -0.3 is 10.4 Å². The van der Waals surface area contributed by atoms with Crippen molar-refractivity contribution < 1.29 is 14.3 Å². The van der Waals surface area contributed by atoms with Crippen LogP contribution in [0.15, 0.2) is 18.2 Å². The van der Waals surface area contributed by atoms with Crippen LogP contribution in [0.25, 0.3) is 0 Å². The van der Waals surface area contributed by atoms with Gasteiger partial charge in [0.05, 0.1) is 0 Å². The Bertz CT molecular complexity index is 414. The van der Waals surface area contributed by atoms with E-state index < -0.39 is 11.7 Å². The SMILES string of the molecule is O=C(NCC(Br)C1CC1)c1c(O)cccc1F. The first-order valence-corrected chi connectivity index (χ1v) is 6.41. The highest BCUT2D eigenvalue weighted by Gasteiger charge is 2.29. The van der Waals surface area contributed by atoms with Gasteiger partial charge in [-0.25, -0.2) is 4.39 Å². The van der Waals surface area contributed by atoms with Crippen LogP contribution in [-0.2, 0) is 0 Å². The van der Waals surface area contributed by atoms with Gasteiger partial charge in [0.1, 0.15) is 17.1 Å². The van der Waals surface area contributed by atoms with E-state index in [-0.39, 0.29) is 16.1 Å². The minimum absolute atomic E-state index is 0.223. The van der Waals surface area contributed by atoms with E-state index in [0.29, 0.717) is 12.5 Å². The summed E-state index contributed by atoms with van der Waals surface area (Å²) in [5, 5.41) is 12.1. The summed E-state index contributed by atoms with van der Waals surface area (Å²) in [5.41, 5.74) is -0.289. The van der Waals surface area contributed by atoms with Crippen molar-refractivity contribution in [3.8, 4) is 5.75 Å². The first-order chi connectivity index (χ1) is 8.09. The van der Waals surface area contributed by atoms with Crippen LogP contribution < -0.4 is 5.32 Å². The van der Waals surface area contributed by atoms with E-state index in [2.05, 4.69) is 21.2 Å². The third-order valence-electron chi connectivity index (χ3n) is 2.81. The predicted octanol–water partition coefficient (Wildman–Crippen LogP) is 2.43. The first kappa shape index (κ1) is 12.4. The molecule has 0 bridgehead atoms. The molecule has 0 aromatic heterocycles. The molecule has 17 heavy (non-hydrogen) atoms. The molecule has 2 N–H and O–H groups in total. The molecular weight excluding hydrogens is 289 g/mol. The maximum Gasteiger partial charge on any atom is 0.258 e. The highest BCUT2D eigenvalue weighted by Crippen LogP contribution is 2.36. The Morgan fingerprint density at radius 3 is 2.88 bits per heavy atom. The van der Waals surface area contributed by atoms with E-state index in [1.807, 2.05) is 0 Å². The van der Waals surface area contributed by atoms with Crippen LogP contribution in [0.1, 0.15) is 23.2 Å².